The van der Waals surface area contributed by atoms with Crippen LogP contribution in [-0.4, -0.2) is 25.3 Å². The van der Waals surface area contributed by atoms with E-state index in [9.17, 15) is 5.11 Å². The molecule has 0 unspecified atom stereocenters. The van der Waals surface area contributed by atoms with E-state index in [4.69, 9.17) is 0 Å². The number of aromatic nitrogens is 4. The molecule has 2 aromatic heterocycles. The van der Waals surface area contributed by atoms with Gasteiger partial charge in [-0.15, -0.1) is 0 Å². The van der Waals surface area contributed by atoms with Crippen molar-refractivity contribution in [1.82, 2.24) is 20.2 Å². The molecule has 0 aliphatic carbocycles. The van der Waals surface area contributed by atoms with Gasteiger partial charge in [0.15, 0.2) is 11.6 Å². The minimum Gasteiger partial charge on any atom is -0.508 e. The maximum atomic E-state index is 9.60. The highest BCUT2D eigenvalue weighted by Crippen LogP contribution is 2.26. The molecule has 6 heteroatoms. The first kappa shape index (κ1) is 13.3. The largest absolute Gasteiger partial charge is 0.508 e. The normalized spacial score (nSPS) is 10.8. The van der Waals surface area contributed by atoms with Crippen molar-refractivity contribution in [3.05, 3.63) is 60.8 Å². The van der Waals surface area contributed by atoms with Crippen LogP contribution in [0.3, 0.4) is 0 Å². The zero-order chi connectivity index (χ0) is 15.6. The predicted molar refractivity (Wildman–Crippen MR) is 88.5 cm³/mol. The monoisotopic (exact) mass is 303 g/mol. The summed E-state index contributed by atoms with van der Waals surface area (Å²) in [6, 6.07) is 16.6. The van der Waals surface area contributed by atoms with Gasteiger partial charge in [-0.2, -0.15) is 5.10 Å². The fourth-order valence-corrected chi connectivity index (χ4v) is 2.37. The quantitative estimate of drug-likeness (QED) is 0.539. The van der Waals surface area contributed by atoms with Gasteiger partial charge in [-0.3, -0.25) is 5.10 Å². The smallest absolute Gasteiger partial charge is 0.162 e. The van der Waals surface area contributed by atoms with Crippen LogP contribution in [0.1, 0.15) is 0 Å². The Balaban J connectivity index is 1.83. The summed E-state index contributed by atoms with van der Waals surface area (Å²) in [6.07, 6.45) is 1.66. The Morgan fingerprint density at radius 2 is 1.83 bits per heavy atom. The molecule has 4 aromatic rings. The molecule has 0 fully saturated rings. The summed E-state index contributed by atoms with van der Waals surface area (Å²) < 4.78 is 0. The van der Waals surface area contributed by atoms with E-state index in [1.54, 1.807) is 24.4 Å². The molecule has 4 rings (SSSR count). The highest BCUT2D eigenvalue weighted by Gasteiger charge is 2.11. The maximum Gasteiger partial charge on any atom is 0.162 e. The van der Waals surface area contributed by atoms with Crippen LogP contribution in [0, 0.1) is 0 Å². The van der Waals surface area contributed by atoms with Crippen LogP contribution in [0.15, 0.2) is 60.8 Å². The summed E-state index contributed by atoms with van der Waals surface area (Å²) in [5.41, 5.74) is 3.10. The topological polar surface area (TPSA) is 86.7 Å². The number of phenols is 1. The van der Waals surface area contributed by atoms with Crippen LogP contribution < -0.4 is 5.32 Å². The van der Waals surface area contributed by atoms with Gasteiger partial charge in [0.2, 0.25) is 0 Å². The average Bonchev–Trinajstić information content (AvgIpc) is 3.04. The predicted octanol–water partition coefficient (Wildman–Crippen LogP) is 3.47. The Morgan fingerprint density at radius 1 is 0.957 bits per heavy atom. The van der Waals surface area contributed by atoms with E-state index in [-0.39, 0.29) is 5.75 Å². The molecule has 2 heterocycles. The lowest BCUT2D eigenvalue weighted by atomic mass is 10.2. The van der Waals surface area contributed by atoms with E-state index in [0.717, 1.165) is 16.8 Å². The van der Waals surface area contributed by atoms with Crippen LogP contribution in [0.4, 0.5) is 11.5 Å². The van der Waals surface area contributed by atoms with E-state index < -0.39 is 0 Å². The van der Waals surface area contributed by atoms with E-state index in [2.05, 4.69) is 25.5 Å². The number of aromatic amines is 1. The van der Waals surface area contributed by atoms with Crippen LogP contribution in [-0.2, 0) is 0 Å². The number of anilines is 2. The van der Waals surface area contributed by atoms with Crippen molar-refractivity contribution < 1.29 is 5.11 Å². The number of rotatable bonds is 3. The van der Waals surface area contributed by atoms with E-state index in [0.29, 0.717) is 17.2 Å². The third-order valence-electron chi connectivity index (χ3n) is 3.44. The molecule has 0 saturated carbocycles. The molecule has 2 aromatic carbocycles. The number of hydrogen-bond acceptors (Lipinski definition) is 5. The molecule has 0 amide bonds. The van der Waals surface area contributed by atoms with Crippen LogP contribution in [0.5, 0.6) is 5.75 Å². The molecular formula is C17H13N5O. The second-order valence-electron chi connectivity index (χ2n) is 5.07. The van der Waals surface area contributed by atoms with Gasteiger partial charge in [0.1, 0.15) is 16.8 Å². The Morgan fingerprint density at radius 3 is 2.65 bits per heavy atom. The second kappa shape index (κ2) is 5.42. The van der Waals surface area contributed by atoms with Crippen molar-refractivity contribution in [2.75, 3.05) is 5.32 Å². The Bertz CT molecular complexity index is 965. The number of hydrogen-bond donors (Lipinski definition) is 3. The standard InChI is InChI=1S/C17H13N5O/c23-13-8-4-7-12(9-13)19-17-15-14(10-18-22-15)20-16(21-17)11-5-2-1-3-6-11/h1-10,23H,(H,18,22)(H,19,20,21). The summed E-state index contributed by atoms with van der Waals surface area (Å²) >= 11 is 0. The van der Waals surface area contributed by atoms with Crippen LogP contribution >= 0.6 is 0 Å². The van der Waals surface area contributed by atoms with Gasteiger partial charge < -0.3 is 10.4 Å². The molecule has 0 radical (unpaired) electrons. The van der Waals surface area contributed by atoms with Crippen molar-refractivity contribution in [2.45, 2.75) is 0 Å². The van der Waals surface area contributed by atoms with Crippen LogP contribution in [0.2, 0.25) is 0 Å². The first-order valence-electron chi connectivity index (χ1n) is 7.12. The summed E-state index contributed by atoms with van der Waals surface area (Å²) in [6.45, 7) is 0. The summed E-state index contributed by atoms with van der Waals surface area (Å²) in [5.74, 6) is 1.41. The van der Waals surface area contributed by atoms with Crippen molar-refractivity contribution in [2.24, 2.45) is 0 Å². The van der Waals surface area contributed by atoms with Gasteiger partial charge in [0.25, 0.3) is 0 Å². The molecule has 0 atom stereocenters. The van der Waals surface area contributed by atoms with Gasteiger partial charge in [0, 0.05) is 17.3 Å². The van der Waals surface area contributed by atoms with Crippen molar-refractivity contribution in [1.29, 1.82) is 0 Å². The molecule has 0 saturated heterocycles. The highest BCUT2D eigenvalue weighted by molar-refractivity contribution is 5.88. The minimum atomic E-state index is 0.188. The zero-order valence-electron chi connectivity index (χ0n) is 12.1. The third kappa shape index (κ3) is 2.57. The molecule has 3 N–H and O–H groups in total. The summed E-state index contributed by atoms with van der Waals surface area (Å²) in [4.78, 5) is 9.12. The average molecular weight is 303 g/mol. The third-order valence-corrected chi connectivity index (χ3v) is 3.44. The number of phenolic OH excluding ortho intramolecular Hbond substituents is 1. The van der Waals surface area contributed by atoms with Crippen LogP contribution in [0.25, 0.3) is 22.4 Å². The van der Waals surface area contributed by atoms with Crippen molar-refractivity contribution in [3.63, 3.8) is 0 Å². The van der Waals surface area contributed by atoms with Gasteiger partial charge in [0.05, 0.1) is 6.20 Å². The van der Waals surface area contributed by atoms with Gasteiger partial charge in [-0.05, 0) is 12.1 Å². The fourth-order valence-electron chi connectivity index (χ4n) is 2.37. The first-order chi connectivity index (χ1) is 11.3. The zero-order valence-corrected chi connectivity index (χ0v) is 12.1. The lowest BCUT2D eigenvalue weighted by Crippen LogP contribution is -1.98. The molecule has 112 valence electrons. The molecule has 0 bridgehead atoms. The maximum absolute atomic E-state index is 9.60. The summed E-state index contributed by atoms with van der Waals surface area (Å²) in [5, 5.41) is 19.7. The number of H-pyrrole nitrogens is 1. The molecule has 23 heavy (non-hydrogen) atoms. The highest BCUT2D eigenvalue weighted by atomic mass is 16.3. The van der Waals surface area contributed by atoms with Crippen molar-refractivity contribution >= 4 is 22.5 Å². The Kier molecular flexibility index (Phi) is 3.12. The lowest BCUT2D eigenvalue weighted by Gasteiger charge is -2.09. The molecule has 0 aliphatic heterocycles. The number of fused-ring (bicyclic) bond motifs is 1. The van der Waals surface area contributed by atoms with Gasteiger partial charge in [-0.1, -0.05) is 36.4 Å². The lowest BCUT2D eigenvalue weighted by molar-refractivity contribution is 0.475. The molecule has 6 nitrogen and oxygen atoms in total. The molecule has 0 aliphatic rings. The van der Waals surface area contributed by atoms with E-state index in [1.807, 2.05) is 36.4 Å². The van der Waals surface area contributed by atoms with Crippen molar-refractivity contribution in [3.8, 4) is 17.1 Å². The SMILES string of the molecule is Oc1cccc(Nc2nc(-c3ccccc3)nc3cn[nH]c23)c1. The number of aromatic hydroxyl groups is 1. The minimum absolute atomic E-state index is 0.188. The number of nitrogens with zero attached hydrogens (tertiary/aromatic N) is 3. The van der Waals surface area contributed by atoms with Gasteiger partial charge >= 0.3 is 0 Å². The molecular weight excluding hydrogens is 290 g/mol. The summed E-state index contributed by atoms with van der Waals surface area (Å²) in [7, 11) is 0. The Hall–Kier alpha value is -3.41. The van der Waals surface area contributed by atoms with E-state index >= 15 is 0 Å². The Labute approximate surface area is 131 Å². The number of benzene rings is 2. The molecule has 0 spiro atoms. The first-order valence-corrected chi connectivity index (χ1v) is 7.12. The fraction of sp³-hybridized carbons (Fsp3) is 0. The second-order valence-corrected chi connectivity index (χ2v) is 5.07. The van der Waals surface area contributed by atoms with Gasteiger partial charge in [-0.25, -0.2) is 9.97 Å². The van der Waals surface area contributed by atoms with E-state index in [1.165, 1.54) is 0 Å². The number of nitrogens with one attached hydrogen (secondary N) is 2.